The molecule has 0 aliphatic heterocycles. The van der Waals surface area contributed by atoms with Gasteiger partial charge in [0.1, 0.15) is 35.1 Å². The molecule has 1 N–H and O–H groups in total. The summed E-state index contributed by atoms with van der Waals surface area (Å²) in [5.41, 5.74) is 0.750. The summed E-state index contributed by atoms with van der Waals surface area (Å²) in [6, 6.07) is 41.8. The highest BCUT2D eigenvalue weighted by molar-refractivity contribution is 7.98. The molecule has 1 amide bonds. The number of nitrogens with zero attached hydrogens (tertiary/aromatic N) is 1. The first-order chi connectivity index (χ1) is 15.7. The minimum Gasteiger partial charge on any atom is -0.310 e. The highest BCUT2D eigenvalue weighted by Crippen LogP contribution is 2.57. The Bertz CT molecular complexity index is 1150. The van der Waals surface area contributed by atoms with Crippen molar-refractivity contribution in [1.29, 1.82) is 5.26 Å². The standard InChI is InChI=1S/C28H21N2OP/c29-21-24(30-28(31)23-13-5-1-6-14-23)22-32(25-15-7-2-8-16-25,26-17-9-3-10-18-26)27-19-11-4-12-20-27/h1-20,22H/p+1. The highest BCUT2D eigenvalue weighted by atomic mass is 31.2. The molecule has 0 radical (unpaired) electrons. The molecule has 0 heterocycles. The molecule has 0 aromatic heterocycles. The zero-order chi connectivity index (χ0) is 22.2. The van der Waals surface area contributed by atoms with E-state index in [4.69, 9.17) is 0 Å². The van der Waals surface area contributed by atoms with E-state index in [2.05, 4.69) is 47.8 Å². The summed E-state index contributed by atoms with van der Waals surface area (Å²) < 4.78 is 0. The average molecular weight is 433 g/mol. The van der Waals surface area contributed by atoms with Crippen molar-refractivity contribution in [1.82, 2.24) is 5.32 Å². The van der Waals surface area contributed by atoms with Crippen molar-refractivity contribution in [2.75, 3.05) is 0 Å². The third kappa shape index (κ3) is 4.37. The van der Waals surface area contributed by atoms with Crippen LogP contribution in [0.25, 0.3) is 0 Å². The van der Waals surface area contributed by atoms with Crippen molar-refractivity contribution in [2.24, 2.45) is 0 Å². The number of nitrogens with one attached hydrogen (secondary N) is 1. The van der Waals surface area contributed by atoms with E-state index in [1.54, 1.807) is 24.3 Å². The summed E-state index contributed by atoms with van der Waals surface area (Å²) in [5, 5.41) is 16.2. The number of hydrogen-bond acceptors (Lipinski definition) is 2. The molecular weight excluding hydrogens is 411 g/mol. The normalized spacial score (nSPS) is 11.4. The molecule has 3 nitrogen and oxygen atoms in total. The maximum Gasteiger partial charge on any atom is 0.256 e. The molecule has 32 heavy (non-hydrogen) atoms. The number of amides is 1. The number of rotatable bonds is 6. The number of nitriles is 1. The first-order valence-electron chi connectivity index (χ1n) is 10.3. The Morgan fingerprint density at radius 2 is 1.03 bits per heavy atom. The molecule has 4 rings (SSSR count). The third-order valence-electron chi connectivity index (χ3n) is 5.22. The predicted molar refractivity (Wildman–Crippen MR) is 133 cm³/mol. The number of hydrogen-bond donors (Lipinski definition) is 1. The second-order valence-corrected chi connectivity index (χ2v) is 10.5. The number of carbonyl (C=O) groups is 1. The van der Waals surface area contributed by atoms with Crippen LogP contribution in [0.2, 0.25) is 0 Å². The van der Waals surface area contributed by atoms with Gasteiger partial charge in [-0.1, -0.05) is 72.8 Å². The minimum atomic E-state index is -2.37. The van der Waals surface area contributed by atoms with Crippen LogP contribution in [0.15, 0.2) is 133 Å². The van der Waals surface area contributed by atoms with Gasteiger partial charge in [0.05, 0.1) is 0 Å². The SMILES string of the molecule is N#CC(=C[P+](c1ccccc1)(c1ccccc1)c1ccccc1)NC(=O)c1ccccc1. The van der Waals surface area contributed by atoms with Gasteiger partial charge in [0.25, 0.3) is 5.91 Å². The molecule has 0 aliphatic carbocycles. The van der Waals surface area contributed by atoms with E-state index in [0.717, 1.165) is 15.9 Å². The van der Waals surface area contributed by atoms with E-state index in [9.17, 15) is 10.1 Å². The fourth-order valence-corrected chi connectivity index (χ4v) is 7.51. The van der Waals surface area contributed by atoms with Crippen LogP contribution in [0, 0.1) is 11.3 Å². The molecule has 0 bridgehead atoms. The number of carbonyl (C=O) groups excluding carboxylic acids is 1. The lowest BCUT2D eigenvalue weighted by Gasteiger charge is -2.24. The first-order valence-corrected chi connectivity index (χ1v) is 12.1. The smallest absolute Gasteiger partial charge is 0.256 e. The summed E-state index contributed by atoms with van der Waals surface area (Å²) in [7, 11) is -2.37. The molecule has 154 valence electrons. The first kappa shape index (κ1) is 21.2. The predicted octanol–water partition coefficient (Wildman–Crippen LogP) is 4.78. The fourth-order valence-electron chi connectivity index (χ4n) is 3.73. The lowest BCUT2D eigenvalue weighted by molar-refractivity contribution is 0.0967. The highest BCUT2D eigenvalue weighted by Gasteiger charge is 2.44. The van der Waals surface area contributed by atoms with Crippen LogP contribution in [0.5, 0.6) is 0 Å². The molecule has 0 saturated heterocycles. The topological polar surface area (TPSA) is 52.9 Å². The van der Waals surface area contributed by atoms with E-state index < -0.39 is 7.26 Å². The third-order valence-corrected chi connectivity index (χ3v) is 9.20. The summed E-state index contributed by atoms with van der Waals surface area (Å²) >= 11 is 0. The number of allylic oxidation sites excluding steroid dienone is 1. The lowest BCUT2D eigenvalue weighted by atomic mass is 10.2. The Labute approximate surface area is 189 Å². The molecule has 0 spiro atoms. The van der Waals surface area contributed by atoms with Crippen LogP contribution in [0.1, 0.15) is 10.4 Å². The molecule has 4 aromatic rings. The maximum atomic E-state index is 12.8. The molecule has 0 saturated carbocycles. The molecular formula is C28H22N2OP+. The van der Waals surface area contributed by atoms with E-state index in [0.29, 0.717) is 5.56 Å². The molecule has 0 unspecified atom stereocenters. The molecule has 0 atom stereocenters. The van der Waals surface area contributed by atoms with Crippen molar-refractivity contribution in [3.63, 3.8) is 0 Å². The average Bonchev–Trinajstić information content (AvgIpc) is 2.88. The van der Waals surface area contributed by atoms with Crippen molar-refractivity contribution in [2.45, 2.75) is 0 Å². The van der Waals surface area contributed by atoms with Gasteiger partial charge in [-0.2, -0.15) is 5.26 Å². The van der Waals surface area contributed by atoms with Crippen LogP contribution in [-0.2, 0) is 0 Å². The second kappa shape index (κ2) is 9.88. The zero-order valence-corrected chi connectivity index (χ0v) is 18.3. The van der Waals surface area contributed by atoms with E-state index >= 15 is 0 Å². The van der Waals surface area contributed by atoms with Gasteiger partial charge >= 0.3 is 0 Å². The van der Waals surface area contributed by atoms with Crippen LogP contribution < -0.4 is 21.2 Å². The minimum absolute atomic E-state index is 0.240. The Hall–Kier alpha value is -3.99. The Morgan fingerprint density at radius 1 is 0.656 bits per heavy atom. The van der Waals surface area contributed by atoms with Gasteiger partial charge in [-0.05, 0) is 48.5 Å². The van der Waals surface area contributed by atoms with E-state index in [1.165, 1.54) is 0 Å². The van der Waals surface area contributed by atoms with Crippen molar-refractivity contribution < 1.29 is 4.79 Å². The molecule has 4 heteroatoms. The van der Waals surface area contributed by atoms with E-state index in [-0.39, 0.29) is 11.6 Å². The summed E-state index contributed by atoms with van der Waals surface area (Å²) in [6.45, 7) is 0. The van der Waals surface area contributed by atoms with Gasteiger partial charge in [-0.15, -0.1) is 0 Å². The van der Waals surface area contributed by atoms with Gasteiger partial charge < -0.3 is 5.32 Å². The fraction of sp³-hybridized carbons (Fsp3) is 0. The van der Waals surface area contributed by atoms with Gasteiger partial charge in [0, 0.05) is 5.56 Å². The monoisotopic (exact) mass is 433 g/mol. The summed E-state index contributed by atoms with van der Waals surface area (Å²) in [4.78, 5) is 12.8. The molecule has 0 fully saturated rings. The van der Waals surface area contributed by atoms with Gasteiger partial charge in [0.2, 0.25) is 0 Å². The van der Waals surface area contributed by atoms with Gasteiger partial charge in [0.15, 0.2) is 5.70 Å². The Morgan fingerprint density at radius 3 is 1.41 bits per heavy atom. The largest absolute Gasteiger partial charge is 0.310 e. The Balaban J connectivity index is 1.92. The quantitative estimate of drug-likeness (QED) is 0.352. The Kier molecular flexibility index (Phi) is 6.56. The van der Waals surface area contributed by atoms with Crippen LogP contribution in [-0.4, -0.2) is 5.91 Å². The van der Waals surface area contributed by atoms with Gasteiger partial charge in [-0.3, -0.25) is 4.79 Å². The molecule has 0 aliphatic rings. The lowest BCUT2D eigenvalue weighted by Crippen LogP contribution is -2.31. The van der Waals surface area contributed by atoms with Crippen molar-refractivity contribution in [3.05, 3.63) is 138 Å². The van der Waals surface area contributed by atoms with Gasteiger partial charge in [-0.25, -0.2) is 0 Å². The van der Waals surface area contributed by atoms with Crippen molar-refractivity contribution in [3.8, 4) is 6.07 Å². The maximum absolute atomic E-state index is 12.8. The van der Waals surface area contributed by atoms with Crippen LogP contribution >= 0.6 is 7.26 Å². The zero-order valence-electron chi connectivity index (χ0n) is 17.4. The molecule has 4 aromatic carbocycles. The van der Waals surface area contributed by atoms with Crippen molar-refractivity contribution >= 4 is 29.1 Å². The van der Waals surface area contributed by atoms with E-state index in [1.807, 2.05) is 66.5 Å². The summed E-state index contributed by atoms with van der Waals surface area (Å²) in [6.07, 6.45) is 0. The second-order valence-electron chi connectivity index (χ2n) is 7.20. The van der Waals surface area contributed by atoms with Crippen LogP contribution in [0.4, 0.5) is 0 Å². The van der Waals surface area contributed by atoms with Crippen LogP contribution in [0.3, 0.4) is 0 Å². The summed E-state index contributed by atoms with van der Waals surface area (Å²) in [5.74, 6) is 1.67. The number of benzene rings is 4.